The van der Waals surface area contributed by atoms with Crippen LogP contribution in [-0.4, -0.2) is 7.11 Å². The van der Waals surface area contributed by atoms with E-state index in [0.717, 1.165) is 5.75 Å². The van der Waals surface area contributed by atoms with E-state index in [4.69, 9.17) is 4.74 Å². The summed E-state index contributed by atoms with van der Waals surface area (Å²) in [5.41, 5.74) is 0. The van der Waals surface area contributed by atoms with Crippen LogP contribution in [0.5, 0.6) is 5.75 Å². The van der Waals surface area contributed by atoms with Crippen molar-refractivity contribution in [2.24, 2.45) is 0 Å². The molecule has 0 saturated heterocycles. The summed E-state index contributed by atoms with van der Waals surface area (Å²) in [5.74, 6) is 0.878. The molecule has 14 heavy (non-hydrogen) atoms. The SMILES string of the molecule is COc1cc[c]cc1.[c]1ccccc1. The van der Waals surface area contributed by atoms with Gasteiger partial charge in [-0.25, -0.2) is 0 Å². The van der Waals surface area contributed by atoms with Crippen LogP contribution in [0.15, 0.2) is 54.6 Å². The summed E-state index contributed by atoms with van der Waals surface area (Å²) in [5, 5.41) is 0. The standard InChI is InChI=1S/C7H7O.C6H5/c1-8-7-5-3-2-4-6-7;1-2-4-6-5-3-1/h3-6H,1H3;1-5H. The predicted octanol–water partition coefficient (Wildman–Crippen LogP) is 2.98. The molecule has 1 nitrogen and oxygen atoms in total. The van der Waals surface area contributed by atoms with E-state index in [1.807, 2.05) is 54.6 Å². The summed E-state index contributed by atoms with van der Waals surface area (Å²) in [6.45, 7) is 0. The van der Waals surface area contributed by atoms with Crippen molar-refractivity contribution in [2.75, 3.05) is 7.11 Å². The fourth-order valence-electron chi connectivity index (χ4n) is 0.850. The van der Waals surface area contributed by atoms with Gasteiger partial charge in [-0.1, -0.05) is 42.5 Å². The molecule has 0 amide bonds. The lowest BCUT2D eigenvalue weighted by atomic mass is 10.3. The second-order valence-electron chi connectivity index (χ2n) is 2.52. The van der Waals surface area contributed by atoms with Crippen molar-refractivity contribution in [1.82, 2.24) is 0 Å². The third-order valence-corrected chi connectivity index (χ3v) is 1.53. The molecular formula is C13H12O. The molecule has 2 aromatic carbocycles. The highest BCUT2D eigenvalue weighted by Gasteiger charge is 1.80. The predicted molar refractivity (Wildman–Crippen MR) is 57.1 cm³/mol. The summed E-state index contributed by atoms with van der Waals surface area (Å²) < 4.78 is 4.89. The molecule has 0 spiro atoms. The maximum absolute atomic E-state index is 4.89. The monoisotopic (exact) mass is 184 g/mol. The minimum absolute atomic E-state index is 0.878. The van der Waals surface area contributed by atoms with Crippen LogP contribution in [0.1, 0.15) is 0 Å². The summed E-state index contributed by atoms with van der Waals surface area (Å²) in [6, 6.07) is 22.7. The zero-order chi connectivity index (χ0) is 10.1. The van der Waals surface area contributed by atoms with Gasteiger partial charge in [-0.3, -0.25) is 0 Å². The molecule has 0 N–H and O–H groups in total. The van der Waals surface area contributed by atoms with Crippen LogP contribution < -0.4 is 4.74 Å². The highest BCUT2D eigenvalue weighted by Crippen LogP contribution is 2.05. The molecule has 0 atom stereocenters. The second kappa shape index (κ2) is 6.72. The minimum atomic E-state index is 0.878. The molecule has 0 aliphatic heterocycles. The number of hydrogen-bond acceptors (Lipinski definition) is 1. The number of methoxy groups -OCH3 is 1. The Morgan fingerprint density at radius 3 is 1.71 bits per heavy atom. The van der Waals surface area contributed by atoms with E-state index in [2.05, 4.69) is 12.1 Å². The third kappa shape index (κ3) is 4.31. The highest BCUT2D eigenvalue weighted by atomic mass is 16.5. The van der Waals surface area contributed by atoms with Gasteiger partial charge < -0.3 is 4.74 Å². The van der Waals surface area contributed by atoms with Crippen LogP contribution in [0.3, 0.4) is 0 Å². The summed E-state index contributed by atoms with van der Waals surface area (Å²) >= 11 is 0. The van der Waals surface area contributed by atoms with Gasteiger partial charge >= 0.3 is 0 Å². The molecule has 0 aromatic heterocycles. The summed E-state index contributed by atoms with van der Waals surface area (Å²) in [4.78, 5) is 0. The number of benzene rings is 2. The largest absolute Gasteiger partial charge is 0.497 e. The molecule has 0 unspecified atom stereocenters. The van der Waals surface area contributed by atoms with Crippen molar-refractivity contribution in [2.45, 2.75) is 0 Å². The smallest absolute Gasteiger partial charge is 0.118 e. The lowest BCUT2D eigenvalue weighted by Gasteiger charge is -1.93. The summed E-state index contributed by atoms with van der Waals surface area (Å²) in [6.07, 6.45) is 0. The van der Waals surface area contributed by atoms with E-state index in [-0.39, 0.29) is 0 Å². The molecule has 70 valence electrons. The Kier molecular flexibility index (Phi) is 4.96. The van der Waals surface area contributed by atoms with Gasteiger partial charge in [0, 0.05) is 0 Å². The molecule has 0 bridgehead atoms. The molecule has 0 heterocycles. The molecule has 2 aromatic rings. The first kappa shape index (κ1) is 10.3. The van der Waals surface area contributed by atoms with Crippen molar-refractivity contribution in [3.8, 4) is 5.75 Å². The maximum atomic E-state index is 4.89. The Morgan fingerprint density at radius 1 is 0.857 bits per heavy atom. The third-order valence-electron chi connectivity index (χ3n) is 1.53. The Labute approximate surface area is 85.0 Å². The van der Waals surface area contributed by atoms with Gasteiger partial charge in [-0.15, -0.1) is 0 Å². The van der Waals surface area contributed by atoms with E-state index >= 15 is 0 Å². The van der Waals surface area contributed by atoms with Crippen LogP contribution in [0.25, 0.3) is 0 Å². The van der Waals surface area contributed by atoms with Crippen molar-refractivity contribution >= 4 is 0 Å². The first-order valence-electron chi connectivity index (χ1n) is 4.34. The zero-order valence-electron chi connectivity index (χ0n) is 8.10. The Hall–Kier alpha value is -1.76. The quantitative estimate of drug-likeness (QED) is 0.662. The molecule has 0 aliphatic carbocycles. The van der Waals surface area contributed by atoms with Crippen LogP contribution in [0.4, 0.5) is 0 Å². The van der Waals surface area contributed by atoms with Crippen molar-refractivity contribution in [3.05, 3.63) is 66.7 Å². The van der Waals surface area contributed by atoms with Crippen molar-refractivity contribution in [1.29, 1.82) is 0 Å². The lowest BCUT2D eigenvalue weighted by Crippen LogP contribution is -1.78. The Bertz CT molecular complexity index is 289. The van der Waals surface area contributed by atoms with Gasteiger partial charge in [0.15, 0.2) is 0 Å². The first-order chi connectivity index (χ1) is 6.93. The van der Waals surface area contributed by atoms with E-state index in [1.165, 1.54) is 0 Å². The number of rotatable bonds is 1. The van der Waals surface area contributed by atoms with Crippen molar-refractivity contribution in [3.63, 3.8) is 0 Å². The van der Waals surface area contributed by atoms with Crippen LogP contribution >= 0.6 is 0 Å². The van der Waals surface area contributed by atoms with E-state index in [9.17, 15) is 0 Å². The number of ether oxygens (including phenoxy) is 1. The zero-order valence-corrected chi connectivity index (χ0v) is 8.10. The van der Waals surface area contributed by atoms with Gasteiger partial charge in [-0.05, 0) is 24.3 Å². The maximum Gasteiger partial charge on any atom is 0.118 e. The fraction of sp³-hybridized carbons (Fsp3) is 0.0769. The van der Waals surface area contributed by atoms with Crippen LogP contribution in [0.2, 0.25) is 0 Å². The van der Waals surface area contributed by atoms with Gasteiger partial charge in [-0.2, -0.15) is 0 Å². The highest BCUT2D eigenvalue weighted by molar-refractivity contribution is 5.19. The van der Waals surface area contributed by atoms with E-state index in [0.29, 0.717) is 0 Å². The topological polar surface area (TPSA) is 9.23 Å². The van der Waals surface area contributed by atoms with Crippen LogP contribution in [-0.2, 0) is 0 Å². The Balaban J connectivity index is 0.000000146. The molecule has 0 aliphatic rings. The van der Waals surface area contributed by atoms with E-state index in [1.54, 1.807) is 7.11 Å². The lowest BCUT2D eigenvalue weighted by molar-refractivity contribution is 0.415. The van der Waals surface area contributed by atoms with Crippen LogP contribution in [0, 0.1) is 12.1 Å². The first-order valence-corrected chi connectivity index (χ1v) is 4.34. The van der Waals surface area contributed by atoms with Gasteiger partial charge in [0.05, 0.1) is 7.11 Å². The molecule has 2 rings (SSSR count). The molecule has 2 radical (unpaired) electrons. The van der Waals surface area contributed by atoms with E-state index < -0.39 is 0 Å². The van der Waals surface area contributed by atoms with Gasteiger partial charge in [0.1, 0.15) is 5.75 Å². The van der Waals surface area contributed by atoms with Crippen molar-refractivity contribution < 1.29 is 4.74 Å². The molecule has 0 saturated carbocycles. The molecular weight excluding hydrogens is 172 g/mol. The minimum Gasteiger partial charge on any atom is -0.497 e. The number of hydrogen-bond donors (Lipinski definition) is 0. The average molecular weight is 184 g/mol. The summed E-state index contributed by atoms with van der Waals surface area (Å²) in [7, 11) is 1.65. The Morgan fingerprint density at radius 2 is 1.43 bits per heavy atom. The van der Waals surface area contributed by atoms with Gasteiger partial charge in [0.2, 0.25) is 0 Å². The molecule has 0 fully saturated rings. The molecule has 1 heteroatoms. The van der Waals surface area contributed by atoms with Gasteiger partial charge in [0.25, 0.3) is 0 Å². The average Bonchev–Trinajstić information content (AvgIpc) is 2.33. The second-order valence-corrected chi connectivity index (χ2v) is 2.52. The normalized spacial score (nSPS) is 8.36. The fourth-order valence-corrected chi connectivity index (χ4v) is 0.850.